The standard InChI is InChI=1S/C8H14ClN5O2/c1-14(3-5(15)4-16-2)8-12-6(9)11-7(10)13-8/h5,15H,3-4H2,1-2H3,(H2,10,11,12,13). The summed E-state index contributed by atoms with van der Waals surface area (Å²) in [7, 11) is 3.23. The Morgan fingerprint density at radius 3 is 2.75 bits per heavy atom. The van der Waals surface area contributed by atoms with Crippen molar-refractivity contribution in [2.24, 2.45) is 0 Å². The minimum Gasteiger partial charge on any atom is -0.389 e. The maximum absolute atomic E-state index is 9.52. The zero-order chi connectivity index (χ0) is 12.1. The summed E-state index contributed by atoms with van der Waals surface area (Å²) < 4.78 is 4.81. The fourth-order valence-electron chi connectivity index (χ4n) is 1.17. The molecule has 0 saturated heterocycles. The normalized spacial score (nSPS) is 12.5. The molecule has 1 atom stereocenters. The molecule has 0 aliphatic rings. The van der Waals surface area contributed by atoms with E-state index >= 15 is 0 Å². The molecule has 0 aliphatic heterocycles. The van der Waals surface area contributed by atoms with Crippen LogP contribution < -0.4 is 10.6 Å². The number of methoxy groups -OCH3 is 1. The van der Waals surface area contributed by atoms with Crippen molar-refractivity contribution < 1.29 is 9.84 Å². The Balaban J connectivity index is 2.68. The third-order valence-electron chi connectivity index (χ3n) is 1.80. The zero-order valence-corrected chi connectivity index (χ0v) is 9.85. The maximum atomic E-state index is 9.52. The molecular weight excluding hydrogens is 234 g/mol. The molecule has 0 spiro atoms. The van der Waals surface area contributed by atoms with Crippen molar-refractivity contribution >= 4 is 23.5 Å². The van der Waals surface area contributed by atoms with Crippen LogP contribution in [0.4, 0.5) is 11.9 Å². The first-order valence-corrected chi connectivity index (χ1v) is 4.96. The molecule has 0 saturated carbocycles. The van der Waals surface area contributed by atoms with Gasteiger partial charge in [-0.2, -0.15) is 15.0 Å². The summed E-state index contributed by atoms with van der Waals surface area (Å²) in [5.41, 5.74) is 5.43. The van der Waals surface area contributed by atoms with Gasteiger partial charge in [-0.25, -0.2) is 0 Å². The van der Waals surface area contributed by atoms with Crippen molar-refractivity contribution in [2.45, 2.75) is 6.10 Å². The molecule has 0 fully saturated rings. The van der Waals surface area contributed by atoms with Gasteiger partial charge in [-0.1, -0.05) is 0 Å². The molecule has 1 heterocycles. The summed E-state index contributed by atoms with van der Waals surface area (Å²) in [4.78, 5) is 13.0. The van der Waals surface area contributed by atoms with Gasteiger partial charge in [0, 0.05) is 20.7 Å². The van der Waals surface area contributed by atoms with Gasteiger partial charge < -0.3 is 20.5 Å². The summed E-state index contributed by atoms with van der Waals surface area (Å²) >= 11 is 5.64. The first-order chi connectivity index (χ1) is 7.52. The van der Waals surface area contributed by atoms with E-state index in [1.165, 1.54) is 7.11 Å². The Hall–Kier alpha value is -1.18. The minimum atomic E-state index is -0.633. The maximum Gasteiger partial charge on any atom is 0.231 e. The highest BCUT2D eigenvalue weighted by atomic mass is 35.5. The SMILES string of the molecule is COCC(O)CN(C)c1nc(N)nc(Cl)n1. The number of ether oxygens (including phenoxy) is 1. The van der Waals surface area contributed by atoms with Crippen molar-refractivity contribution in [1.82, 2.24) is 15.0 Å². The predicted molar refractivity (Wildman–Crippen MR) is 60.4 cm³/mol. The molecule has 90 valence electrons. The topological polar surface area (TPSA) is 97.4 Å². The van der Waals surface area contributed by atoms with E-state index in [0.717, 1.165) is 0 Å². The van der Waals surface area contributed by atoms with E-state index < -0.39 is 6.10 Å². The van der Waals surface area contributed by atoms with Crippen molar-refractivity contribution in [2.75, 3.05) is 37.9 Å². The van der Waals surface area contributed by atoms with Gasteiger partial charge >= 0.3 is 0 Å². The lowest BCUT2D eigenvalue weighted by molar-refractivity contribution is 0.0693. The van der Waals surface area contributed by atoms with E-state index in [1.807, 2.05) is 0 Å². The van der Waals surface area contributed by atoms with Crippen LogP contribution in [0.1, 0.15) is 0 Å². The highest BCUT2D eigenvalue weighted by Crippen LogP contribution is 2.10. The summed E-state index contributed by atoms with van der Waals surface area (Å²) in [6.45, 7) is 0.548. The minimum absolute atomic E-state index is 0.0237. The van der Waals surface area contributed by atoms with E-state index in [4.69, 9.17) is 22.1 Å². The van der Waals surface area contributed by atoms with E-state index in [2.05, 4.69) is 15.0 Å². The number of aliphatic hydroxyl groups excluding tert-OH is 1. The molecule has 0 aliphatic carbocycles. The molecule has 1 aromatic heterocycles. The van der Waals surface area contributed by atoms with Gasteiger partial charge in [0.2, 0.25) is 17.2 Å². The number of nitrogen functional groups attached to an aromatic ring is 1. The Bertz CT molecular complexity index is 331. The number of hydrogen-bond donors (Lipinski definition) is 2. The van der Waals surface area contributed by atoms with Gasteiger partial charge in [0.15, 0.2) is 0 Å². The van der Waals surface area contributed by atoms with Crippen LogP contribution in [0.5, 0.6) is 0 Å². The largest absolute Gasteiger partial charge is 0.389 e. The van der Waals surface area contributed by atoms with Gasteiger partial charge in [0.1, 0.15) is 0 Å². The van der Waals surface area contributed by atoms with Crippen LogP contribution in [-0.2, 0) is 4.74 Å². The van der Waals surface area contributed by atoms with E-state index in [0.29, 0.717) is 12.5 Å². The van der Waals surface area contributed by atoms with Crippen LogP contribution in [-0.4, -0.2) is 53.5 Å². The van der Waals surface area contributed by atoms with Gasteiger partial charge in [-0.15, -0.1) is 0 Å². The van der Waals surface area contributed by atoms with Crippen molar-refractivity contribution in [3.63, 3.8) is 0 Å². The monoisotopic (exact) mass is 247 g/mol. The summed E-state index contributed by atoms with van der Waals surface area (Å²) in [5, 5.41) is 9.54. The molecule has 16 heavy (non-hydrogen) atoms. The summed E-state index contributed by atoms with van der Waals surface area (Å²) in [5.74, 6) is 0.357. The molecule has 0 bridgehead atoms. The lowest BCUT2D eigenvalue weighted by Gasteiger charge is -2.20. The Morgan fingerprint density at radius 2 is 2.19 bits per heavy atom. The number of anilines is 2. The molecule has 0 aromatic carbocycles. The smallest absolute Gasteiger partial charge is 0.231 e. The van der Waals surface area contributed by atoms with Crippen LogP contribution in [0.25, 0.3) is 0 Å². The van der Waals surface area contributed by atoms with Gasteiger partial charge in [0.25, 0.3) is 0 Å². The number of likely N-dealkylation sites (N-methyl/N-ethyl adjacent to an activating group) is 1. The average Bonchev–Trinajstić information content (AvgIpc) is 2.16. The fraction of sp³-hybridized carbons (Fsp3) is 0.625. The van der Waals surface area contributed by atoms with Gasteiger partial charge in [0.05, 0.1) is 12.7 Å². The number of nitrogens with two attached hydrogens (primary N) is 1. The summed E-state index contributed by atoms with van der Waals surface area (Å²) in [6, 6.07) is 0. The number of aromatic nitrogens is 3. The van der Waals surface area contributed by atoms with Crippen molar-refractivity contribution in [3.8, 4) is 0 Å². The number of nitrogens with zero attached hydrogens (tertiary/aromatic N) is 4. The quantitative estimate of drug-likeness (QED) is 0.727. The van der Waals surface area contributed by atoms with E-state index in [9.17, 15) is 5.11 Å². The average molecular weight is 248 g/mol. The molecule has 1 rings (SSSR count). The van der Waals surface area contributed by atoms with Crippen LogP contribution in [0.15, 0.2) is 0 Å². The molecule has 0 radical (unpaired) electrons. The molecular formula is C8H14ClN5O2. The number of aliphatic hydroxyl groups is 1. The van der Waals surface area contributed by atoms with Gasteiger partial charge in [-0.3, -0.25) is 0 Å². The molecule has 1 aromatic rings. The molecule has 8 heteroatoms. The molecule has 1 unspecified atom stereocenters. The number of hydrogen-bond acceptors (Lipinski definition) is 7. The predicted octanol–water partition coefficient (Wildman–Crippen LogP) is -0.449. The zero-order valence-electron chi connectivity index (χ0n) is 9.09. The first kappa shape index (κ1) is 12.9. The lowest BCUT2D eigenvalue weighted by Crippen LogP contribution is -2.33. The Morgan fingerprint density at radius 1 is 1.50 bits per heavy atom. The van der Waals surface area contributed by atoms with Crippen LogP contribution in [0.3, 0.4) is 0 Å². The molecule has 0 amide bonds. The van der Waals surface area contributed by atoms with Crippen LogP contribution >= 0.6 is 11.6 Å². The highest BCUT2D eigenvalue weighted by molar-refractivity contribution is 6.28. The second kappa shape index (κ2) is 5.78. The van der Waals surface area contributed by atoms with Crippen LogP contribution in [0, 0.1) is 0 Å². The van der Waals surface area contributed by atoms with Crippen molar-refractivity contribution in [3.05, 3.63) is 5.28 Å². The Kier molecular flexibility index (Phi) is 4.66. The lowest BCUT2D eigenvalue weighted by atomic mass is 10.3. The van der Waals surface area contributed by atoms with Crippen LogP contribution in [0.2, 0.25) is 5.28 Å². The van der Waals surface area contributed by atoms with Gasteiger partial charge in [-0.05, 0) is 11.6 Å². The fourth-order valence-corrected chi connectivity index (χ4v) is 1.33. The van der Waals surface area contributed by atoms with E-state index in [-0.39, 0.29) is 17.8 Å². The van der Waals surface area contributed by atoms with E-state index in [1.54, 1.807) is 11.9 Å². The Labute approximate surface area is 98.2 Å². The first-order valence-electron chi connectivity index (χ1n) is 4.58. The highest BCUT2D eigenvalue weighted by Gasteiger charge is 2.12. The molecule has 3 N–H and O–H groups in total. The second-order valence-electron chi connectivity index (χ2n) is 3.25. The second-order valence-corrected chi connectivity index (χ2v) is 3.59. The summed E-state index contributed by atoms with van der Waals surface area (Å²) in [6.07, 6.45) is -0.633. The van der Waals surface area contributed by atoms with Crippen molar-refractivity contribution in [1.29, 1.82) is 0 Å². The third kappa shape index (κ3) is 3.76. The number of rotatable bonds is 5. The molecule has 7 nitrogen and oxygen atoms in total. The number of halogens is 1. The third-order valence-corrected chi connectivity index (χ3v) is 1.97.